The van der Waals surface area contributed by atoms with E-state index in [0.29, 0.717) is 30.5 Å². The van der Waals surface area contributed by atoms with Gasteiger partial charge in [0.2, 0.25) is 0 Å². The summed E-state index contributed by atoms with van der Waals surface area (Å²) in [7, 11) is 4.98. The van der Waals surface area contributed by atoms with E-state index in [1.54, 1.807) is 21.3 Å². The molecule has 0 aliphatic rings. The summed E-state index contributed by atoms with van der Waals surface area (Å²) in [6, 6.07) is 3.93. The fourth-order valence-electron chi connectivity index (χ4n) is 2.79. The van der Waals surface area contributed by atoms with Crippen molar-refractivity contribution >= 4 is 45.9 Å². The first-order valence-corrected chi connectivity index (χ1v) is 9.68. The van der Waals surface area contributed by atoms with Crippen LogP contribution in [0.3, 0.4) is 0 Å². The van der Waals surface area contributed by atoms with Crippen molar-refractivity contribution in [1.29, 1.82) is 0 Å². The smallest absolute Gasteiger partial charge is 0.191 e. The van der Waals surface area contributed by atoms with Gasteiger partial charge in [-0.2, -0.15) is 0 Å². The number of nitrogens with one attached hydrogen (secondary N) is 2. The van der Waals surface area contributed by atoms with E-state index < -0.39 is 0 Å². The number of nitrogens with zero attached hydrogens (tertiary/aromatic N) is 2. The van der Waals surface area contributed by atoms with Gasteiger partial charge < -0.3 is 24.6 Å². The van der Waals surface area contributed by atoms with Crippen LogP contribution in [-0.2, 0) is 25.9 Å². The minimum absolute atomic E-state index is 0. The molecule has 0 aliphatic heterocycles. The van der Waals surface area contributed by atoms with Crippen LogP contribution in [0.25, 0.3) is 0 Å². The zero-order valence-corrected chi connectivity index (χ0v) is 20.8. The monoisotopic (exact) mass is 566 g/mol. The van der Waals surface area contributed by atoms with Gasteiger partial charge in [0.15, 0.2) is 17.5 Å². The van der Waals surface area contributed by atoms with Crippen molar-refractivity contribution in [2.24, 2.45) is 4.99 Å². The van der Waals surface area contributed by atoms with Crippen LogP contribution in [0.5, 0.6) is 11.5 Å². The Morgan fingerprint density at radius 1 is 1.14 bits per heavy atom. The third kappa shape index (κ3) is 6.00. The topological polar surface area (TPSA) is 80.9 Å². The molecule has 9 heteroatoms. The molecule has 2 N–H and O–H groups in total. The molecule has 0 aliphatic carbocycles. The Labute approximate surface area is 191 Å². The van der Waals surface area contributed by atoms with Crippen molar-refractivity contribution in [3.8, 4) is 11.5 Å². The normalized spacial score (nSPS) is 11.0. The van der Waals surface area contributed by atoms with Crippen molar-refractivity contribution in [3.05, 3.63) is 39.2 Å². The summed E-state index contributed by atoms with van der Waals surface area (Å²) in [6.45, 7) is 5.34. The van der Waals surface area contributed by atoms with Gasteiger partial charge >= 0.3 is 0 Å². The van der Waals surface area contributed by atoms with Crippen molar-refractivity contribution in [3.63, 3.8) is 0 Å². The lowest BCUT2D eigenvalue weighted by Gasteiger charge is -2.15. The highest BCUT2D eigenvalue weighted by Crippen LogP contribution is 2.36. The van der Waals surface area contributed by atoms with E-state index in [1.165, 1.54) is 0 Å². The van der Waals surface area contributed by atoms with Crippen LogP contribution in [-0.4, -0.2) is 32.4 Å². The molecule has 1 heterocycles. The highest BCUT2D eigenvalue weighted by molar-refractivity contribution is 14.0. The first-order valence-electron chi connectivity index (χ1n) is 8.89. The molecule has 1 aromatic heterocycles. The maximum atomic E-state index is 5.41. The first kappa shape index (κ1) is 24.5. The van der Waals surface area contributed by atoms with Crippen LogP contribution in [0.1, 0.15) is 36.4 Å². The Morgan fingerprint density at radius 3 is 2.43 bits per heavy atom. The second-order valence-electron chi connectivity index (χ2n) is 5.83. The SMILES string of the molecule is CCc1noc(CC)c1CNC(=NC)NCc1cc(Br)c(OC)c(OC)c1.I. The molecule has 7 nitrogen and oxygen atoms in total. The minimum atomic E-state index is 0. The zero-order chi connectivity index (χ0) is 19.8. The second-order valence-corrected chi connectivity index (χ2v) is 6.68. The summed E-state index contributed by atoms with van der Waals surface area (Å²) >= 11 is 3.52. The summed E-state index contributed by atoms with van der Waals surface area (Å²) in [5.41, 5.74) is 3.13. The Balaban J connectivity index is 0.00000392. The van der Waals surface area contributed by atoms with Crippen molar-refractivity contribution in [2.75, 3.05) is 21.3 Å². The van der Waals surface area contributed by atoms with Gasteiger partial charge in [-0.05, 0) is 40.0 Å². The number of ether oxygens (including phenoxy) is 2. The predicted octanol–water partition coefficient (Wildman–Crippen LogP) is 4.06. The lowest BCUT2D eigenvalue weighted by molar-refractivity contribution is 0.352. The molecule has 0 amide bonds. The van der Waals surface area contributed by atoms with Crippen LogP contribution >= 0.6 is 39.9 Å². The van der Waals surface area contributed by atoms with E-state index in [9.17, 15) is 0 Å². The molecule has 0 bridgehead atoms. The van der Waals surface area contributed by atoms with Gasteiger partial charge in [0.1, 0.15) is 5.76 Å². The van der Waals surface area contributed by atoms with E-state index in [0.717, 1.165) is 39.9 Å². The Bertz CT molecular complexity index is 774. The lowest BCUT2D eigenvalue weighted by atomic mass is 10.1. The van der Waals surface area contributed by atoms with Gasteiger partial charge in [-0.15, -0.1) is 24.0 Å². The minimum Gasteiger partial charge on any atom is -0.493 e. The number of rotatable bonds is 8. The average Bonchev–Trinajstić information content (AvgIpc) is 3.09. The fourth-order valence-corrected chi connectivity index (χ4v) is 3.44. The van der Waals surface area contributed by atoms with Crippen LogP contribution in [0, 0.1) is 0 Å². The van der Waals surface area contributed by atoms with Crippen LogP contribution < -0.4 is 20.1 Å². The van der Waals surface area contributed by atoms with Crippen molar-refractivity contribution < 1.29 is 14.0 Å². The van der Waals surface area contributed by atoms with E-state index >= 15 is 0 Å². The van der Waals surface area contributed by atoms with E-state index in [2.05, 4.69) is 50.6 Å². The summed E-state index contributed by atoms with van der Waals surface area (Å²) in [5.74, 6) is 2.97. The third-order valence-electron chi connectivity index (χ3n) is 4.22. The molecule has 28 heavy (non-hydrogen) atoms. The molecule has 0 spiro atoms. The predicted molar refractivity (Wildman–Crippen MR) is 125 cm³/mol. The second kappa shape index (κ2) is 12.2. The molecule has 2 aromatic rings. The molecular weight excluding hydrogens is 539 g/mol. The molecule has 0 saturated heterocycles. The van der Waals surface area contributed by atoms with Crippen LogP contribution in [0.4, 0.5) is 0 Å². The highest BCUT2D eigenvalue weighted by Gasteiger charge is 2.14. The quantitative estimate of drug-likeness (QED) is 0.285. The highest BCUT2D eigenvalue weighted by atomic mass is 127. The van der Waals surface area contributed by atoms with E-state index in [4.69, 9.17) is 14.0 Å². The maximum Gasteiger partial charge on any atom is 0.191 e. The summed E-state index contributed by atoms with van der Waals surface area (Å²) in [4.78, 5) is 4.29. The Morgan fingerprint density at radius 2 is 1.86 bits per heavy atom. The molecule has 0 atom stereocenters. The number of methoxy groups -OCH3 is 2. The van der Waals surface area contributed by atoms with Gasteiger partial charge in [-0.1, -0.05) is 19.0 Å². The largest absolute Gasteiger partial charge is 0.493 e. The van der Waals surface area contributed by atoms with Gasteiger partial charge in [-0.3, -0.25) is 4.99 Å². The zero-order valence-electron chi connectivity index (χ0n) is 16.9. The lowest BCUT2D eigenvalue weighted by Crippen LogP contribution is -2.36. The van der Waals surface area contributed by atoms with Gasteiger partial charge in [0, 0.05) is 32.1 Å². The fraction of sp³-hybridized carbons (Fsp3) is 0.474. The van der Waals surface area contributed by atoms with Crippen LogP contribution in [0.15, 0.2) is 26.1 Å². The molecule has 0 radical (unpaired) electrons. The number of aromatic nitrogens is 1. The molecule has 156 valence electrons. The van der Waals surface area contributed by atoms with E-state index in [1.807, 2.05) is 12.1 Å². The van der Waals surface area contributed by atoms with Gasteiger partial charge in [-0.25, -0.2) is 0 Å². The van der Waals surface area contributed by atoms with Crippen LogP contribution in [0.2, 0.25) is 0 Å². The molecule has 0 fully saturated rings. The number of hydrogen-bond donors (Lipinski definition) is 2. The third-order valence-corrected chi connectivity index (χ3v) is 4.81. The molecular formula is C19H28BrIN4O3. The number of benzene rings is 1. The number of halogens is 2. The summed E-state index contributed by atoms with van der Waals surface area (Å²) in [6.07, 6.45) is 1.65. The Kier molecular flexibility index (Phi) is 10.7. The Hall–Kier alpha value is -1.49. The number of aliphatic imine (C=N–C) groups is 1. The number of guanidine groups is 1. The maximum absolute atomic E-state index is 5.41. The number of hydrogen-bond acceptors (Lipinski definition) is 5. The molecule has 0 saturated carbocycles. The molecule has 2 rings (SSSR count). The molecule has 1 aromatic carbocycles. The first-order chi connectivity index (χ1) is 13.1. The van der Waals surface area contributed by atoms with Gasteiger partial charge in [0.25, 0.3) is 0 Å². The number of aryl methyl sites for hydroxylation is 2. The summed E-state index contributed by atoms with van der Waals surface area (Å²) < 4.78 is 17.0. The average molecular weight is 567 g/mol. The standard InChI is InChI=1S/C19H27BrN4O3.HI/c1-6-15-13(16(7-2)27-24-15)11-23-19(21-3)22-10-12-8-14(20)18(26-5)17(9-12)25-4;/h8-9H,6-7,10-11H2,1-5H3,(H2,21,22,23);1H. The summed E-state index contributed by atoms with van der Waals surface area (Å²) in [5, 5.41) is 10.8. The van der Waals surface area contributed by atoms with Crippen molar-refractivity contribution in [2.45, 2.75) is 39.8 Å². The van der Waals surface area contributed by atoms with Gasteiger partial charge in [0.05, 0.1) is 24.4 Å². The van der Waals surface area contributed by atoms with Crippen molar-refractivity contribution in [1.82, 2.24) is 15.8 Å². The van der Waals surface area contributed by atoms with E-state index in [-0.39, 0.29) is 24.0 Å². The molecule has 0 unspecified atom stereocenters.